The maximum atomic E-state index is 12.6. The Kier molecular flexibility index (Phi) is 12.0. The van der Waals surface area contributed by atoms with Crippen LogP contribution in [0.4, 0.5) is 11.4 Å². The fourth-order valence-corrected chi connectivity index (χ4v) is 6.45. The number of carboxylic acid groups (broad SMARTS) is 1. The lowest BCUT2D eigenvalue weighted by molar-refractivity contribution is -0.140. The molecule has 1 unspecified atom stereocenters. The SMILES string of the molecule is O=C(O)C1CSCN1C(=O)c1ccc(NCC=CCCCCCCCCS(=O)(=O)Nc2ccccc2)cc1. The Morgan fingerprint density at radius 1 is 0.921 bits per heavy atom. The Morgan fingerprint density at radius 2 is 1.61 bits per heavy atom. The molecule has 3 rings (SSSR count). The van der Waals surface area contributed by atoms with Gasteiger partial charge in [0.05, 0.1) is 11.6 Å². The van der Waals surface area contributed by atoms with E-state index in [9.17, 15) is 23.1 Å². The molecule has 206 valence electrons. The van der Waals surface area contributed by atoms with E-state index in [0.29, 0.717) is 35.8 Å². The van der Waals surface area contributed by atoms with Gasteiger partial charge in [0.1, 0.15) is 6.04 Å². The number of carbonyl (C=O) groups excluding carboxylic acids is 1. The number of nitrogens with one attached hydrogen (secondary N) is 2. The fraction of sp³-hybridized carbons (Fsp3) is 0.429. The van der Waals surface area contributed by atoms with Crippen LogP contribution in [-0.4, -0.2) is 60.3 Å². The number of amides is 1. The number of anilines is 2. The zero-order valence-electron chi connectivity index (χ0n) is 21.6. The van der Waals surface area contributed by atoms with Gasteiger partial charge in [-0.2, -0.15) is 0 Å². The van der Waals surface area contributed by atoms with Gasteiger partial charge in [-0.25, -0.2) is 13.2 Å². The second kappa shape index (κ2) is 15.4. The van der Waals surface area contributed by atoms with Gasteiger partial charge >= 0.3 is 5.97 Å². The van der Waals surface area contributed by atoms with Crippen LogP contribution < -0.4 is 10.0 Å². The normalized spacial score (nSPS) is 15.6. The minimum absolute atomic E-state index is 0.152. The van der Waals surface area contributed by atoms with Gasteiger partial charge in [-0.3, -0.25) is 9.52 Å². The molecule has 1 aliphatic heterocycles. The van der Waals surface area contributed by atoms with Crippen LogP contribution in [0.2, 0.25) is 0 Å². The average molecular weight is 560 g/mol. The van der Waals surface area contributed by atoms with E-state index in [2.05, 4.69) is 22.2 Å². The van der Waals surface area contributed by atoms with Crippen LogP contribution in [0.1, 0.15) is 55.3 Å². The molecule has 38 heavy (non-hydrogen) atoms. The number of carbonyl (C=O) groups is 2. The first-order valence-corrected chi connectivity index (χ1v) is 15.8. The number of rotatable bonds is 16. The molecule has 3 N–H and O–H groups in total. The summed E-state index contributed by atoms with van der Waals surface area (Å²) >= 11 is 1.45. The topological polar surface area (TPSA) is 116 Å². The quantitative estimate of drug-likeness (QED) is 0.186. The zero-order chi connectivity index (χ0) is 27.2. The highest BCUT2D eigenvalue weighted by Gasteiger charge is 2.34. The van der Waals surface area contributed by atoms with E-state index in [0.717, 1.165) is 44.2 Å². The summed E-state index contributed by atoms with van der Waals surface area (Å²) in [5, 5.41) is 12.6. The maximum absolute atomic E-state index is 12.6. The Hall–Kier alpha value is -2.98. The number of thioether (sulfide) groups is 1. The fourth-order valence-electron chi connectivity index (χ4n) is 4.12. The molecule has 1 aliphatic rings. The lowest BCUT2D eigenvalue weighted by Gasteiger charge is -2.20. The van der Waals surface area contributed by atoms with Crippen molar-refractivity contribution in [1.82, 2.24) is 4.90 Å². The molecule has 0 spiro atoms. The largest absolute Gasteiger partial charge is 0.480 e. The van der Waals surface area contributed by atoms with Crippen molar-refractivity contribution in [2.75, 3.05) is 34.0 Å². The van der Waals surface area contributed by atoms with Crippen molar-refractivity contribution in [3.05, 3.63) is 72.3 Å². The molecule has 1 atom stereocenters. The summed E-state index contributed by atoms with van der Waals surface area (Å²) in [6.45, 7) is 0.683. The molecule has 1 fully saturated rings. The number of hydrogen-bond donors (Lipinski definition) is 3. The van der Waals surface area contributed by atoms with Crippen molar-refractivity contribution in [2.24, 2.45) is 0 Å². The average Bonchev–Trinajstić information content (AvgIpc) is 3.40. The van der Waals surface area contributed by atoms with Crippen molar-refractivity contribution in [3.8, 4) is 0 Å². The Bertz CT molecular complexity index is 1150. The molecular weight excluding hydrogens is 522 g/mol. The number of para-hydroxylation sites is 1. The van der Waals surface area contributed by atoms with Crippen LogP contribution in [0.3, 0.4) is 0 Å². The third-order valence-electron chi connectivity index (χ3n) is 6.23. The summed E-state index contributed by atoms with van der Waals surface area (Å²) < 4.78 is 26.8. The van der Waals surface area contributed by atoms with Crippen LogP contribution in [0.5, 0.6) is 0 Å². The minimum atomic E-state index is -3.28. The van der Waals surface area contributed by atoms with Crippen molar-refractivity contribution >= 4 is 45.0 Å². The smallest absolute Gasteiger partial charge is 0.327 e. The monoisotopic (exact) mass is 559 g/mol. The molecule has 1 amide bonds. The van der Waals surface area contributed by atoms with Crippen LogP contribution in [0, 0.1) is 0 Å². The summed E-state index contributed by atoms with van der Waals surface area (Å²) in [6.07, 6.45) is 11.2. The van der Waals surface area contributed by atoms with E-state index in [-0.39, 0.29) is 11.7 Å². The third kappa shape index (κ3) is 10.1. The number of benzene rings is 2. The first-order chi connectivity index (χ1) is 18.4. The number of carboxylic acids is 1. The summed E-state index contributed by atoms with van der Waals surface area (Å²) in [5.74, 6) is -0.238. The predicted molar refractivity (Wildman–Crippen MR) is 155 cm³/mol. The van der Waals surface area contributed by atoms with Gasteiger partial charge in [0.2, 0.25) is 10.0 Å². The molecule has 2 aromatic carbocycles. The summed E-state index contributed by atoms with van der Waals surface area (Å²) in [5.41, 5.74) is 2.00. The molecule has 1 heterocycles. The second-order valence-electron chi connectivity index (χ2n) is 9.26. The lowest BCUT2D eigenvalue weighted by Crippen LogP contribution is -2.41. The number of aliphatic carboxylic acids is 1. The van der Waals surface area contributed by atoms with Gasteiger partial charge in [-0.15, -0.1) is 11.8 Å². The van der Waals surface area contributed by atoms with Crippen LogP contribution in [-0.2, 0) is 14.8 Å². The molecule has 0 bridgehead atoms. The van der Waals surface area contributed by atoms with Gasteiger partial charge in [-0.05, 0) is 55.7 Å². The highest BCUT2D eigenvalue weighted by atomic mass is 32.2. The van der Waals surface area contributed by atoms with E-state index < -0.39 is 22.0 Å². The summed E-state index contributed by atoms with van der Waals surface area (Å²) in [7, 11) is -3.28. The molecule has 8 nitrogen and oxygen atoms in total. The van der Waals surface area contributed by atoms with Gasteiger partial charge in [0.25, 0.3) is 5.91 Å². The summed E-state index contributed by atoms with van der Waals surface area (Å²) in [4.78, 5) is 25.4. The number of allylic oxidation sites excluding steroid dienone is 1. The van der Waals surface area contributed by atoms with Crippen LogP contribution in [0.25, 0.3) is 0 Å². The molecule has 0 radical (unpaired) electrons. The molecular formula is C28H37N3O5S2. The highest BCUT2D eigenvalue weighted by Crippen LogP contribution is 2.24. The molecule has 0 aromatic heterocycles. The highest BCUT2D eigenvalue weighted by molar-refractivity contribution is 7.99. The lowest BCUT2D eigenvalue weighted by atomic mass is 10.1. The van der Waals surface area contributed by atoms with Gasteiger partial charge in [-0.1, -0.05) is 56.0 Å². The van der Waals surface area contributed by atoms with Crippen molar-refractivity contribution < 1.29 is 23.1 Å². The van der Waals surface area contributed by atoms with E-state index in [1.807, 2.05) is 30.3 Å². The molecule has 0 saturated carbocycles. The first-order valence-electron chi connectivity index (χ1n) is 13.0. The second-order valence-corrected chi connectivity index (χ2v) is 12.1. The molecule has 2 aromatic rings. The molecule has 0 aliphatic carbocycles. The number of sulfonamides is 1. The van der Waals surface area contributed by atoms with E-state index in [4.69, 9.17) is 0 Å². The Balaban J connectivity index is 1.21. The van der Waals surface area contributed by atoms with Crippen LogP contribution in [0.15, 0.2) is 66.7 Å². The Labute approximate surface area is 229 Å². The van der Waals surface area contributed by atoms with Gasteiger partial charge in [0, 0.05) is 29.2 Å². The minimum Gasteiger partial charge on any atom is -0.480 e. The van der Waals surface area contributed by atoms with E-state index >= 15 is 0 Å². The van der Waals surface area contributed by atoms with E-state index in [1.54, 1.807) is 24.3 Å². The van der Waals surface area contributed by atoms with Gasteiger partial charge < -0.3 is 15.3 Å². The Morgan fingerprint density at radius 3 is 2.32 bits per heavy atom. The van der Waals surface area contributed by atoms with E-state index in [1.165, 1.54) is 16.7 Å². The zero-order valence-corrected chi connectivity index (χ0v) is 23.2. The third-order valence-corrected chi connectivity index (χ3v) is 8.62. The van der Waals surface area contributed by atoms with Crippen molar-refractivity contribution in [2.45, 2.75) is 51.0 Å². The number of hydrogen-bond acceptors (Lipinski definition) is 6. The summed E-state index contributed by atoms with van der Waals surface area (Å²) in [6, 6.07) is 15.3. The maximum Gasteiger partial charge on any atom is 0.327 e. The number of unbranched alkanes of at least 4 members (excludes halogenated alkanes) is 6. The number of nitrogens with zero attached hydrogens (tertiary/aromatic N) is 1. The van der Waals surface area contributed by atoms with Crippen molar-refractivity contribution in [3.63, 3.8) is 0 Å². The molecule has 1 saturated heterocycles. The predicted octanol–water partition coefficient (Wildman–Crippen LogP) is 5.43. The van der Waals surface area contributed by atoms with Crippen molar-refractivity contribution in [1.29, 1.82) is 0 Å². The first kappa shape index (κ1) is 29.6. The standard InChI is InChI=1S/C28H37N3O5S2/c32-27(31-22-37-21-26(31)28(33)34)23-15-17-24(18-16-23)29-19-11-6-4-2-1-3-5-7-12-20-38(35,36)30-25-13-9-8-10-14-25/h6,8-11,13-18,26,29-30H,1-5,7,12,19-22H2,(H,33,34). The van der Waals surface area contributed by atoms with Crippen LogP contribution >= 0.6 is 11.8 Å². The molecule has 10 heteroatoms. The van der Waals surface area contributed by atoms with Gasteiger partial charge in [0.15, 0.2) is 0 Å².